The van der Waals surface area contributed by atoms with Crippen molar-refractivity contribution in [2.24, 2.45) is 5.41 Å². The Bertz CT molecular complexity index is 492. The molecular weight excluding hydrogens is 242 g/mol. The predicted molar refractivity (Wildman–Crippen MR) is 74.3 cm³/mol. The maximum absolute atomic E-state index is 12.0. The molecule has 0 radical (unpaired) electrons. The van der Waals surface area contributed by atoms with E-state index in [9.17, 15) is 9.59 Å². The van der Waals surface area contributed by atoms with Crippen molar-refractivity contribution in [2.75, 3.05) is 6.54 Å². The van der Waals surface area contributed by atoms with E-state index in [4.69, 9.17) is 5.11 Å². The van der Waals surface area contributed by atoms with Crippen molar-refractivity contribution in [1.29, 1.82) is 0 Å². The summed E-state index contributed by atoms with van der Waals surface area (Å²) in [6, 6.07) is 5.71. The molecule has 1 aromatic carbocycles. The van der Waals surface area contributed by atoms with Crippen molar-refractivity contribution < 1.29 is 14.7 Å². The zero-order valence-corrected chi connectivity index (χ0v) is 11.9. The first-order valence-electron chi connectivity index (χ1n) is 6.33. The number of amides is 1. The predicted octanol–water partition coefficient (Wildman–Crippen LogP) is 2.53. The molecule has 0 saturated carbocycles. The van der Waals surface area contributed by atoms with Crippen LogP contribution >= 0.6 is 0 Å². The first kappa shape index (κ1) is 15.2. The summed E-state index contributed by atoms with van der Waals surface area (Å²) in [5.41, 5.74) is 1.77. The van der Waals surface area contributed by atoms with Gasteiger partial charge in [-0.1, -0.05) is 17.7 Å². The Labute approximate surface area is 113 Å². The van der Waals surface area contributed by atoms with Crippen molar-refractivity contribution in [3.8, 4) is 0 Å². The third kappa shape index (κ3) is 4.09. The van der Waals surface area contributed by atoms with E-state index in [1.807, 2.05) is 32.0 Å². The van der Waals surface area contributed by atoms with Crippen LogP contribution in [0.5, 0.6) is 0 Å². The molecule has 104 valence electrons. The Morgan fingerprint density at radius 2 is 1.89 bits per heavy atom. The van der Waals surface area contributed by atoms with Crippen molar-refractivity contribution in [2.45, 2.75) is 34.1 Å². The van der Waals surface area contributed by atoms with Gasteiger partial charge in [0.2, 0.25) is 0 Å². The molecule has 4 nitrogen and oxygen atoms in total. The fraction of sp³-hybridized carbons (Fsp3) is 0.467. The summed E-state index contributed by atoms with van der Waals surface area (Å²) in [6.07, 6.45) is 0.402. The Hall–Kier alpha value is -1.84. The Morgan fingerprint density at radius 1 is 1.26 bits per heavy atom. The molecular formula is C15H21NO3. The average Bonchev–Trinajstić information content (AvgIpc) is 2.31. The Kier molecular flexibility index (Phi) is 4.70. The molecule has 0 aliphatic carbocycles. The van der Waals surface area contributed by atoms with Crippen LogP contribution in [0.25, 0.3) is 0 Å². The van der Waals surface area contributed by atoms with Gasteiger partial charge in [-0.2, -0.15) is 0 Å². The summed E-state index contributed by atoms with van der Waals surface area (Å²) < 4.78 is 0. The van der Waals surface area contributed by atoms with Gasteiger partial charge in [-0.05, 0) is 45.7 Å². The lowest BCUT2D eigenvalue weighted by Crippen LogP contribution is -2.32. The third-order valence-electron chi connectivity index (χ3n) is 3.25. The van der Waals surface area contributed by atoms with Gasteiger partial charge in [0.1, 0.15) is 0 Å². The Morgan fingerprint density at radius 3 is 2.47 bits per heavy atom. The summed E-state index contributed by atoms with van der Waals surface area (Å²) in [5.74, 6) is -1.00. The average molecular weight is 263 g/mol. The number of aryl methyl sites for hydroxylation is 2. The van der Waals surface area contributed by atoms with Crippen LogP contribution in [0.4, 0.5) is 0 Å². The minimum Gasteiger partial charge on any atom is -0.481 e. The Balaban J connectivity index is 2.62. The number of nitrogens with one attached hydrogen (secondary N) is 1. The molecule has 0 heterocycles. The second-order valence-corrected chi connectivity index (χ2v) is 5.51. The molecule has 4 heteroatoms. The highest BCUT2D eigenvalue weighted by Gasteiger charge is 2.26. The van der Waals surface area contributed by atoms with E-state index in [0.717, 1.165) is 11.1 Å². The van der Waals surface area contributed by atoms with Crippen LogP contribution in [0.2, 0.25) is 0 Å². The van der Waals surface area contributed by atoms with Gasteiger partial charge in [-0.15, -0.1) is 0 Å². The highest BCUT2D eigenvalue weighted by Crippen LogP contribution is 2.19. The third-order valence-corrected chi connectivity index (χ3v) is 3.25. The minimum atomic E-state index is -0.853. The lowest BCUT2D eigenvalue weighted by atomic mass is 9.89. The number of rotatable bonds is 5. The molecule has 1 aromatic rings. The minimum absolute atomic E-state index is 0.151. The van der Waals surface area contributed by atoms with E-state index >= 15 is 0 Å². The van der Waals surface area contributed by atoms with Crippen LogP contribution in [0.1, 0.15) is 41.8 Å². The van der Waals surface area contributed by atoms with Crippen LogP contribution in [0.15, 0.2) is 18.2 Å². The van der Waals surface area contributed by atoms with E-state index in [1.165, 1.54) is 0 Å². The number of hydrogen-bond acceptors (Lipinski definition) is 2. The van der Waals surface area contributed by atoms with Crippen molar-refractivity contribution >= 4 is 11.9 Å². The number of carboxylic acid groups (broad SMARTS) is 1. The molecule has 0 spiro atoms. The topological polar surface area (TPSA) is 66.4 Å². The molecule has 0 aliphatic rings. The van der Waals surface area contributed by atoms with Crippen LogP contribution in [0.3, 0.4) is 0 Å². The molecule has 0 atom stereocenters. The SMILES string of the molecule is Cc1ccc(C)c(C(=O)NCCC(C)(C)C(=O)O)c1. The second kappa shape index (κ2) is 5.87. The zero-order valence-electron chi connectivity index (χ0n) is 11.9. The second-order valence-electron chi connectivity index (χ2n) is 5.51. The first-order chi connectivity index (χ1) is 8.74. The van der Waals surface area contributed by atoms with Gasteiger partial charge in [0.25, 0.3) is 5.91 Å². The van der Waals surface area contributed by atoms with Gasteiger partial charge in [0.15, 0.2) is 0 Å². The maximum atomic E-state index is 12.0. The maximum Gasteiger partial charge on any atom is 0.309 e. The molecule has 0 fully saturated rings. The van der Waals surface area contributed by atoms with E-state index in [0.29, 0.717) is 18.5 Å². The summed E-state index contributed by atoms with van der Waals surface area (Å²) in [5, 5.41) is 11.8. The number of benzene rings is 1. The van der Waals surface area contributed by atoms with E-state index in [-0.39, 0.29) is 5.91 Å². The van der Waals surface area contributed by atoms with Gasteiger partial charge in [-0.25, -0.2) is 0 Å². The molecule has 0 aliphatic heterocycles. The van der Waals surface area contributed by atoms with Crippen molar-refractivity contribution in [1.82, 2.24) is 5.32 Å². The monoisotopic (exact) mass is 263 g/mol. The first-order valence-corrected chi connectivity index (χ1v) is 6.33. The molecule has 0 bridgehead atoms. The lowest BCUT2D eigenvalue weighted by Gasteiger charge is -2.19. The molecule has 0 saturated heterocycles. The normalized spacial score (nSPS) is 11.2. The van der Waals surface area contributed by atoms with Gasteiger partial charge in [0, 0.05) is 12.1 Å². The number of carbonyl (C=O) groups is 2. The van der Waals surface area contributed by atoms with Crippen LogP contribution in [-0.4, -0.2) is 23.5 Å². The quantitative estimate of drug-likeness (QED) is 0.858. The van der Waals surface area contributed by atoms with E-state index in [1.54, 1.807) is 13.8 Å². The summed E-state index contributed by atoms with van der Waals surface area (Å²) in [7, 11) is 0. The number of carbonyl (C=O) groups excluding carboxylic acids is 1. The van der Waals surface area contributed by atoms with Gasteiger partial charge in [-0.3, -0.25) is 9.59 Å². The molecule has 2 N–H and O–H groups in total. The molecule has 1 amide bonds. The standard InChI is InChI=1S/C15H21NO3/c1-10-5-6-11(2)12(9-10)13(17)16-8-7-15(3,4)14(18)19/h5-6,9H,7-8H2,1-4H3,(H,16,17)(H,18,19). The van der Waals surface area contributed by atoms with Gasteiger partial charge >= 0.3 is 5.97 Å². The van der Waals surface area contributed by atoms with Crippen LogP contribution in [0, 0.1) is 19.3 Å². The van der Waals surface area contributed by atoms with E-state index in [2.05, 4.69) is 5.32 Å². The molecule has 0 aromatic heterocycles. The number of carboxylic acids is 1. The van der Waals surface area contributed by atoms with Gasteiger partial charge < -0.3 is 10.4 Å². The van der Waals surface area contributed by atoms with Crippen molar-refractivity contribution in [3.05, 3.63) is 34.9 Å². The van der Waals surface area contributed by atoms with E-state index < -0.39 is 11.4 Å². The highest BCUT2D eigenvalue weighted by atomic mass is 16.4. The lowest BCUT2D eigenvalue weighted by molar-refractivity contribution is -0.147. The largest absolute Gasteiger partial charge is 0.481 e. The van der Waals surface area contributed by atoms with Gasteiger partial charge in [0.05, 0.1) is 5.41 Å². The fourth-order valence-corrected chi connectivity index (χ4v) is 1.67. The number of aliphatic carboxylic acids is 1. The summed E-state index contributed by atoms with van der Waals surface area (Å²) >= 11 is 0. The molecule has 19 heavy (non-hydrogen) atoms. The number of hydrogen-bond donors (Lipinski definition) is 2. The smallest absolute Gasteiger partial charge is 0.309 e. The fourth-order valence-electron chi connectivity index (χ4n) is 1.67. The molecule has 1 rings (SSSR count). The summed E-state index contributed by atoms with van der Waals surface area (Å²) in [6.45, 7) is 7.48. The summed E-state index contributed by atoms with van der Waals surface area (Å²) in [4.78, 5) is 23.0. The molecule has 0 unspecified atom stereocenters. The highest BCUT2D eigenvalue weighted by molar-refractivity contribution is 5.95. The zero-order chi connectivity index (χ0) is 14.6. The van der Waals surface area contributed by atoms with Crippen molar-refractivity contribution in [3.63, 3.8) is 0 Å². The van der Waals surface area contributed by atoms with Crippen LogP contribution < -0.4 is 5.32 Å². The van der Waals surface area contributed by atoms with Crippen LogP contribution in [-0.2, 0) is 4.79 Å².